The van der Waals surface area contributed by atoms with Crippen LogP contribution in [0.4, 0.5) is 4.79 Å². The first-order valence-electron chi connectivity index (χ1n) is 9.19. The van der Waals surface area contributed by atoms with Gasteiger partial charge < -0.3 is 19.8 Å². The molecule has 2 aromatic rings. The summed E-state index contributed by atoms with van der Waals surface area (Å²) >= 11 is 0. The summed E-state index contributed by atoms with van der Waals surface area (Å²) < 4.78 is 9.93. The van der Waals surface area contributed by atoms with Crippen LogP contribution in [0.15, 0.2) is 35.5 Å². The van der Waals surface area contributed by atoms with E-state index in [0.717, 1.165) is 16.5 Å². The summed E-state index contributed by atoms with van der Waals surface area (Å²) in [5, 5.41) is 3.48. The van der Waals surface area contributed by atoms with Crippen molar-refractivity contribution in [3.8, 4) is 0 Å². The predicted octanol–water partition coefficient (Wildman–Crippen LogP) is 3.15. The lowest BCUT2D eigenvalue weighted by Crippen LogP contribution is -2.52. The van der Waals surface area contributed by atoms with Crippen molar-refractivity contribution in [2.75, 3.05) is 7.11 Å². The minimum atomic E-state index is -1.29. The SMILES string of the molecule is COC(=O)C(C)(C)NC(=O)C(Cc1c[nH]c2ccccc12)=NC(=O)OC(C)(C)C. The molecule has 29 heavy (non-hydrogen) atoms. The smallest absolute Gasteiger partial charge is 0.434 e. The van der Waals surface area contributed by atoms with E-state index in [2.05, 4.69) is 15.3 Å². The second-order valence-corrected chi connectivity index (χ2v) is 8.15. The van der Waals surface area contributed by atoms with E-state index in [4.69, 9.17) is 9.47 Å². The number of nitrogens with zero attached hydrogens (tertiary/aromatic N) is 1. The number of ether oxygens (including phenoxy) is 2. The third kappa shape index (κ3) is 5.91. The molecule has 1 heterocycles. The topological polar surface area (TPSA) is 110 Å². The highest BCUT2D eigenvalue weighted by atomic mass is 16.6. The molecule has 0 unspecified atom stereocenters. The maximum Gasteiger partial charge on any atom is 0.434 e. The number of aromatic nitrogens is 1. The molecule has 2 N–H and O–H groups in total. The number of hydrogen-bond donors (Lipinski definition) is 2. The van der Waals surface area contributed by atoms with Gasteiger partial charge in [0, 0.05) is 23.5 Å². The number of aliphatic imine (C=N–C) groups is 1. The van der Waals surface area contributed by atoms with Crippen molar-refractivity contribution in [3.63, 3.8) is 0 Å². The number of aromatic amines is 1. The molecule has 0 aliphatic carbocycles. The number of H-pyrrole nitrogens is 1. The number of rotatable bonds is 5. The molecule has 8 heteroatoms. The first-order chi connectivity index (χ1) is 13.4. The second-order valence-electron chi connectivity index (χ2n) is 8.15. The Labute approximate surface area is 169 Å². The fraction of sp³-hybridized carbons (Fsp3) is 0.429. The van der Waals surface area contributed by atoms with Gasteiger partial charge in [-0.05, 0) is 46.2 Å². The standard InChI is InChI=1S/C21H27N3O5/c1-20(2,3)29-19(27)23-16(17(25)24-21(4,5)18(26)28-6)11-13-12-22-15-10-8-7-9-14(13)15/h7-10,12,22H,11H2,1-6H3,(H,24,25). The largest absolute Gasteiger partial charge is 0.467 e. The van der Waals surface area contributed by atoms with Crippen molar-refractivity contribution in [2.24, 2.45) is 4.99 Å². The number of carbonyl (C=O) groups is 3. The number of benzene rings is 1. The Bertz CT molecular complexity index is 951. The van der Waals surface area contributed by atoms with Crippen molar-refractivity contribution in [1.82, 2.24) is 10.3 Å². The maximum atomic E-state index is 12.9. The van der Waals surface area contributed by atoms with Crippen LogP contribution in [0.25, 0.3) is 10.9 Å². The van der Waals surface area contributed by atoms with Crippen molar-refractivity contribution in [2.45, 2.75) is 52.2 Å². The quantitative estimate of drug-likeness (QED) is 0.591. The Morgan fingerprint density at radius 2 is 1.76 bits per heavy atom. The normalized spacial score (nSPS) is 12.6. The molecular weight excluding hydrogens is 374 g/mol. The molecule has 0 aliphatic rings. The first-order valence-corrected chi connectivity index (χ1v) is 9.19. The fourth-order valence-electron chi connectivity index (χ4n) is 2.69. The maximum absolute atomic E-state index is 12.9. The number of nitrogens with one attached hydrogen (secondary N) is 2. The molecule has 2 rings (SSSR count). The van der Waals surface area contributed by atoms with E-state index in [1.807, 2.05) is 24.3 Å². The van der Waals surface area contributed by atoms with Crippen LogP contribution in [-0.4, -0.2) is 46.9 Å². The Morgan fingerprint density at radius 1 is 1.10 bits per heavy atom. The highest BCUT2D eigenvalue weighted by molar-refractivity contribution is 6.41. The molecule has 0 saturated carbocycles. The molecule has 0 bridgehead atoms. The van der Waals surface area contributed by atoms with Crippen molar-refractivity contribution in [3.05, 3.63) is 36.0 Å². The van der Waals surface area contributed by atoms with Crippen LogP contribution < -0.4 is 5.32 Å². The van der Waals surface area contributed by atoms with Gasteiger partial charge in [0.2, 0.25) is 0 Å². The van der Waals surface area contributed by atoms with Crippen LogP contribution in [0.2, 0.25) is 0 Å². The van der Waals surface area contributed by atoms with Crippen molar-refractivity contribution < 1.29 is 23.9 Å². The number of amides is 2. The predicted molar refractivity (Wildman–Crippen MR) is 110 cm³/mol. The summed E-state index contributed by atoms with van der Waals surface area (Å²) in [6, 6.07) is 7.58. The lowest BCUT2D eigenvalue weighted by molar-refractivity contribution is -0.148. The van der Waals surface area contributed by atoms with E-state index in [1.54, 1.807) is 27.0 Å². The van der Waals surface area contributed by atoms with Gasteiger partial charge in [-0.3, -0.25) is 4.79 Å². The number of para-hydroxylation sites is 1. The van der Waals surface area contributed by atoms with Crippen LogP contribution in [0, 0.1) is 0 Å². The zero-order chi connectivity index (χ0) is 21.8. The molecule has 0 saturated heterocycles. The lowest BCUT2D eigenvalue weighted by Gasteiger charge is -2.23. The molecular formula is C21H27N3O5. The van der Waals surface area contributed by atoms with Crippen molar-refractivity contribution >= 4 is 34.6 Å². The highest BCUT2D eigenvalue weighted by Gasteiger charge is 2.32. The van der Waals surface area contributed by atoms with E-state index >= 15 is 0 Å². The first kappa shape index (κ1) is 22.1. The van der Waals surface area contributed by atoms with Gasteiger partial charge in [-0.25, -0.2) is 9.59 Å². The van der Waals surface area contributed by atoms with Gasteiger partial charge in [0.1, 0.15) is 16.9 Å². The van der Waals surface area contributed by atoms with E-state index in [0.29, 0.717) is 0 Å². The van der Waals surface area contributed by atoms with Gasteiger partial charge in [-0.2, -0.15) is 4.99 Å². The van der Waals surface area contributed by atoms with E-state index in [1.165, 1.54) is 21.0 Å². The number of esters is 1. The summed E-state index contributed by atoms with van der Waals surface area (Å²) in [6.07, 6.45) is 0.957. The minimum Gasteiger partial charge on any atom is -0.467 e. The van der Waals surface area contributed by atoms with Gasteiger partial charge in [0.25, 0.3) is 5.91 Å². The van der Waals surface area contributed by atoms with E-state index in [9.17, 15) is 14.4 Å². The molecule has 8 nitrogen and oxygen atoms in total. The Balaban J connectivity index is 2.36. The van der Waals surface area contributed by atoms with Crippen LogP contribution in [0.3, 0.4) is 0 Å². The zero-order valence-corrected chi connectivity index (χ0v) is 17.6. The number of methoxy groups -OCH3 is 1. The van der Waals surface area contributed by atoms with Crippen LogP contribution in [0.1, 0.15) is 40.2 Å². The second kappa shape index (κ2) is 8.46. The zero-order valence-electron chi connectivity index (χ0n) is 17.6. The molecule has 0 fully saturated rings. The minimum absolute atomic E-state index is 0.0685. The summed E-state index contributed by atoms with van der Waals surface area (Å²) in [7, 11) is 1.23. The summed E-state index contributed by atoms with van der Waals surface area (Å²) in [6.45, 7) is 8.14. The van der Waals surface area contributed by atoms with Gasteiger partial charge in [-0.15, -0.1) is 0 Å². The number of hydrogen-bond acceptors (Lipinski definition) is 5. The Hall–Kier alpha value is -3.16. The monoisotopic (exact) mass is 401 g/mol. The van der Waals surface area contributed by atoms with Gasteiger partial charge in [0.15, 0.2) is 0 Å². The molecule has 2 amide bonds. The van der Waals surface area contributed by atoms with Crippen LogP contribution >= 0.6 is 0 Å². The molecule has 0 aliphatic heterocycles. The van der Waals surface area contributed by atoms with Gasteiger partial charge in [0.05, 0.1) is 7.11 Å². The lowest BCUT2D eigenvalue weighted by atomic mass is 10.0. The number of carbonyl (C=O) groups excluding carboxylic acids is 3. The summed E-state index contributed by atoms with van der Waals surface area (Å²) in [4.78, 5) is 44.0. The van der Waals surface area contributed by atoms with Gasteiger partial charge >= 0.3 is 12.1 Å². The molecule has 1 aromatic heterocycles. The van der Waals surface area contributed by atoms with E-state index in [-0.39, 0.29) is 12.1 Å². The molecule has 156 valence electrons. The number of fused-ring (bicyclic) bond motifs is 1. The Kier molecular flexibility index (Phi) is 6.46. The summed E-state index contributed by atoms with van der Waals surface area (Å²) in [5.74, 6) is -1.27. The van der Waals surface area contributed by atoms with Crippen LogP contribution in [-0.2, 0) is 25.5 Å². The average Bonchev–Trinajstić information content (AvgIpc) is 3.01. The molecule has 1 aromatic carbocycles. The molecule has 0 radical (unpaired) electrons. The molecule has 0 spiro atoms. The van der Waals surface area contributed by atoms with E-state index < -0.39 is 29.1 Å². The van der Waals surface area contributed by atoms with Gasteiger partial charge in [-0.1, -0.05) is 18.2 Å². The average molecular weight is 401 g/mol. The van der Waals surface area contributed by atoms with Crippen LogP contribution in [0.5, 0.6) is 0 Å². The Morgan fingerprint density at radius 3 is 2.38 bits per heavy atom. The highest BCUT2D eigenvalue weighted by Crippen LogP contribution is 2.19. The summed E-state index contributed by atoms with van der Waals surface area (Å²) in [5.41, 5.74) is -0.432. The molecule has 0 atom stereocenters. The third-order valence-electron chi connectivity index (χ3n) is 4.04. The fourth-order valence-corrected chi connectivity index (χ4v) is 2.69. The van der Waals surface area contributed by atoms with Crippen molar-refractivity contribution in [1.29, 1.82) is 0 Å². The third-order valence-corrected chi connectivity index (χ3v) is 4.04.